The average molecular weight is 455 g/mol. The minimum absolute atomic E-state index is 0.245. The Balaban J connectivity index is 1.61. The SMILES string of the molecule is CN1CCC[C@@H](Nc2nnc(-c3ccc(C(F)(F)F)cc3C3=CCOC3)c3ccncc23)C1. The summed E-state index contributed by atoms with van der Waals surface area (Å²) in [5.74, 6) is 0.638. The Labute approximate surface area is 189 Å². The summed E-state index contributed by atoms with van der Waals surface area (Å²) in [6.45, 7) is 2.61. The van der Waals surface area contributed by atoms with E-state index in [2.05, 4.69) is 32.4 Å². The van der Waals surface area contributed by atoms with Crippen LogP contribution in [0.4, 0.5) is 19.0 Å². The molecule has 3 aromatic rings. The second kappa shape index (κ2) is 8.72. The molecule has 2 aliphatic heterocycles. The first-order chi connectivity index (χ1) is 15.9. The maximum Gasteiger partial charge on any atom is 0.416 e. The van der Waals surface area contributed by atoms with Crippen molar-refractivity contribution < 1.29 is 17.9 Å². The molecule has 1 aromatic carbocycles. The molecule has 1 fully saturated rings. The van der Waals surface area contributed by atoms with Gasteiger partial charge in [-0.2, -0.15) is 13.2 Å². The molecule has 2 aromatic heterocycles. The third-order valence-corrected chi connectivity index (χ3v) is 6.20. The van der Waals surface area contributed by atoms with E-state index in [-0.39, 0.29) is 12.6 Å². The Hall–Kier alpha value is -3.04. The van der Waals surface area contributed by atoms with Crippen LogP contribution in [0, 0.1) is 0 Å². The Morgan fingerprint density at radius 1 is 1.12 bits per heavy atom. The van der Waals surface area contributed by atoms with Crippen molar-refractivity contribution in [3.05, 3.63) is 53.9 Å². The number of anilines is 1. The molecule has 0 aliphatic carbocycles. The second-order valence-corrected chi connectivity index (χ2v) is 8.57. The molecule has 0 radical (unpaired) electrons. The van der Waals surface area contributed by atoms with E-state index in [1.165, 1.54) is 12.1 Å². The average Bonchev–Trinajstić information content (AvgIpc) is 3.33. The predicted molar refractivity (Wildman–Crippen MR) is 121 cm³/mol. The summed E-state index contributed by atoms with van der Waals surface area (Å²) in [4.78, 5) is 6.54. The second-order valence-electron chi connectivity index (χ2n) is 8.57. The molecule has 33 heavy (non-hydrogen) atoms. The minimum atomic E-state index is -4.44. The highest BCUT2D eigenvalue weighted by Crippen LogP contribution is 2.39. The molecule has 1 atom stereocenters. The van der Waals surface area contributed by atoms with Gasteiger partial charge in [0.05, 0.1) is 18.8 Å². The molecule has 0 saturated carbocycles. The molecule has 5 rings (SSSR count). The number of rotatable bonds is 4. The number of likely N-dealkylation sites (N-methyl/N-ethyl adjacent to an activating group) is 1. The third kappa shape index (κ3) is 4.43. The Morgan fingerprint density at radius 3 is 2.76 bits per heavy atom. The number of hydrogen-bond donors (Lipinski definition) is 1. The third-order valence-electron chi connectivity index (χ3n) is 6.20. The first kappa shape index (κ1) is 21.8. The molecular weight excluding hydrogens is 431 g/mol. The fourth-order valence-corrected chi connectivity index (χ4v) is 4.55. The quantitative estimate of drug-likeness (QED) is 0.619. The van der Waals surface area contributed by atoms with Gasteiger partial charge in [0.15, 0.2) is 5.82 Å². The summed E-state index contributed by atoms with van der Waals surface area (Å²) in [7, 11) is 2.09. The van der Waals surface area contributed by atoms with Gasteiger partial charge >= 0.3 is 6.18 Å². The van der Waals surface area contributed by atoms with E-state index in [0.29, 0.717) is 34.8 Å². The zero-order valence-electron chi connectivity index (χ0n) is 18.2. The first-order valence-electron chi connectivity index (χ1n) is 10.9. The molecule has 0 unspecified atom stereocenters. The lowest BCUT2D eigenvalue weighted by molar-refractivity contribution is -0.137. The number of aromatic nitrogens is 3. The summed E-state index contributed by atoms with van der Waals surface area (Å²) in [5.41, 5.74) is 1.59. The molecule has 0 spiro atoms. The monoisotopic (exact) mass is 455 g/mol. The van der Waals surface area contributed by atoms with E-state index in [9.17, 15) is 13.2 Å². The Kier molecular flexibility index (Phi) is 5.76. The maximum absolute atomic E-state index is 13.4. The van der Waals surface area contributed by atoms with Crippen molar-refractivity contribution >= 4 is 22.2 Å². The molecular formula is C24H24F3N5O. The van der Waals surface area contributed by atoms with Gasteiger partial charge in [0.25, 0.3) is 0 Å². The minimum Gasteiger partial charge on any atom is -0.373 e. The fraction of sp³-hybridized carbons (Fsp3) is 0.375. The molecule has 4 heterocycles. The number of likely N-dealkylation sites (tertiary alicyclic amines) is 1. The van der Waals surface area contributed by atoms with Crippen molar-refractivity contribution in [1.82, 2.24) is 20.1 Å². The number of nitrogens with zero attached hydrogens (tertiary/aromatic N) is 4. The number of piperidine rings is 1. The van der Waals surface area contributed by atoms with Gasteiger partial charge in [-0.05, 0) is 55.8 Å². The number of alkyl halides is 3. The number of pyridine rings is 1. The molecule has 172 valence electrons. The summed E-state index contributed by atoms with van der Waals surface area (Å²) < 4.78 is 45.7. The van der Waals surface area contributed by atoms with Crippen LogP contribution in [0.5, 0.6) is 0 Å². The van der Waals surface area contributed by atoms with Gasteiger partial charge in [-0.15, -0.1) is 10.2 Å². The highest BCUT2D eigenvalue weighted by atomic mass is 19.4. The number of fused-ring (bicyclic) bond motifs is 1. The van der Waals surface area contributed by atoms with Gasteiger partial charge in [0.2, 0.25) is 0 Å². The summed E-state index contributed by atoms with van der Waals surface area (Å²) in [5, 5.41) is 14.0. The molecule has 1 N–H and O–H groups in total. The van der Waals surface area contributed by atoms with Crippen LogP contribution in [0.25, 0.3) is 27.6 Å². The molecule has 0 amide bonds. The van der Waals surface area contributed by atoms with E-state index in [1.807, 2.05) is 12.1 Å². The molecule has 1 saturated heterocycles. The van der Waals surface area contributed by atoms with Gasteiger partial charge < -0.3 is 15.0 Å². The van der Waals surface area contributed by atoms with Crippen LogP contribution in [0.1, 0.15) is 24.0 Å². The highest BCUT2D eigenvalue weighted by Gasteiger charge is 2.32. The van der Waals surface area contributed by atoms with E-state index >= 15 is 0 Å². The fourth-order valence-electron chi connectivity index (χ4n) is 4.55. The molecule has 9 heteroatoms. The van der Waals surface area contributed by atoms with Crippen LogP contribution < -0.4 is 5.32 Å². The number of ether oxygens (including phenoxy) is 1. The summed E-state index contributed by atoms with van der Waals surface area (Å²) >= 11 is 0. The Morgan fingerprint density at radius 2 is 2.00 bits per heavy atom. The predicted octanol–water partition coefficient (Wildman–Crippen LogP) is 4.63. The van der Waals surface area contributed by atoms with Crippen LogP contribution in [0.3, 0.4) is 0 Å². The summed E-state index contributed by atoms with van der Waals surface area (Å²) in [6, 6.07) is 5.82. The smallest absolute Gasteiger partial charge is 0.373 e. The lowest BCUT2D eigenvalue weighted by Gasteiger charge is -2.30. The van der Waals surface area contributed by atoms with Gasteiger partial charge in [-0.1, -0.05) is 12.1 Å². The van der Waals surface area contributed by atoms with Crippen molar-refractivity contribution in [2.75, 3.05) is 38.7 Å². The number of halogens is 3. The summed E-state index contributed by atoms with van der Waals surface area (Å²) in [6.07, 6.45) is 2.89. The first-order valence-corrected chi connectivity index (χ1v) is 10.9. The van der Waals surface area contributed by atoms with Crippen LogP contribution in [-0.2, 0) is 10.9 Å². The van der Waals surface area contributed by atoms with Crippen LogP contribution in [0.2, 0.25) is 0 Å². The largest absolute Gasteiger partial charge is 0.416 e. The van der Waals surface area contributed by atoms with Crippen molar-refractivity contribution in [3.63, 3.8) is 0 Å². The molecule has 2 aliphatic rings. The van der Waals surface area contributed by atoms with Crippen LogP contribution in [-0.4, -0.2) is 59.5 Å². The van der Waals surface area contributed by atoms with Gasteiger partial charge in [-0.3, -0.25) is 4.98 Å². The lowest BCUT2D eigenvalue weighted by atomic mass is 9.93. The maximum atomic E-state index is 13.4. The van der Waals surface area contributed by atoms with E-state index < -0.39 is 11.7 Å². The number of nitrogens with one attached hydrogen (secondary N) is 1. The van der Waals surface area contributed by atoms with Gasteiger partial charge in [0, 0.05) is 41.3 Å². The van der Waals surface area contributed by atoms with Crippen molar-refractivity contribution in [2.24, 2.45) is 0 Å². The highest BCUT2D eigenvalue weighted by molar-refractivity contribution is 6.01. The number of hydrogen-bond acceptors (Lipinski definition) is 6. The van der Waals surface area contributed by atoms with Crippen molar-refractivity contribution in [1.29, 1.82) is 0 Å². The Bertz CT molecular complexity index is 1210. The number of benzene rings is 1. The van der Waals surface area contributed by atoms with Crippen molar-refractivity contribution in [3.8, 4) is 11.3 Å². The topological polar surface area (TPSA) is 63.2 Å². The van der Waals surface area contributed by atoms with E-state index in [1.54, 1.807) is 12.4 Å². The van der Waals surface area contributed by atoms with E-state index in [4.69, 9.17) is 4.74 Å². The normalized spacial score (nSPS) is 19.6. The van der Waals surface area contributed by atoms with Gasteiger partial charge in [0.1, 0.15) is 5.69 Å². The molecule has 0 bridgehead atoms. The van der Waals surface area contributed by atoms with E-state index in [0.717, 1.165) is 42.8 Å². The van der Waals surface area contributed by atoms with Crippen molar-refractivity contribution in [2.45, 2.75) is 25.1 Å². The van der Waals surface area contributed by atoms with Crippen LogP contribution in [0.15, 0.2) is 42.7 Å². The van der Waals surface area contributed by atoms with Gasteiger partial charge in [-0.25, -0.2) is 0 Å². The standard InChI is InChI=1S/C24H24F3N5O/c1-32-9-2-3-17(13-32)29-23-21-12-28-8-6-19(21)22(30-31-23)18-5-4-16(24(25,26)27)11-20(18)15-7-10-33-14-15/h4-8,11-12,17H,2-3,9-10,13-14H2,1H3,(H,29,31)/t17-/m1/s1. The van der Waals surface area contributed by atoms with Crippen LogP contribution >= 0.6 is 0 Å². The molecule has 6 nitrogen and oxygen atoms in total. The lowest BCUT2D eigenvalue weighted by Crippen LogP contribution is -2.40. The zero-order valence-corrected chi connectivity index (χ0v) is 18.2. The zero-order chi connectivity index (χ0) is 23.0.